The summed E-state index contributed by atoms with van der Waals surface area (Å²) in [5, 5.41) is 5.47. The Labute approximate surface area is 116 Å². The molecule has 0 bridgehead atoms. The van der Waals surface area contributed by atoms with Crippen molar-refractivity contribution in [2.24, 2.45) is 0 Å². The molecule has 0 aliphatic carbocycles. The van der Waals surface area contributed by atoms with E-state index < -0.39 is 0 Å². The summed E-state index contributed by atoms with van der Waals surface area (Å²) in [7, 11) is 0. The van der Waals surface area contributed by atoms with Crippen LogP contribution in [0.15, 0.2) is 30.5 Å². The van der Waals surface area contributed by atoms with E-state index in [2.05, 4.69) is 15.1 Å². The van der Waals surface area contributed by atoms with Crippen molar-refractivity contribution in [1.29, 1.82) is 0 Å². The molecule has 0 amide bonds. The SMILES string of the molecule is CCc1nn(Cc2ccccc2F)c2nc(C)ncc12. The Morgan fingerprint density at radius 3 is 2.80 bits per heavy atom. The molecule has 0 spiro atoms. The lowest BCUT2D eigenvalue weighted by atomic mass is 10.2. The number of aromatic nitrogens is 4. The van der Waals surface area contributed by atoms with E-state index in [0.717, 1.165) is 23.1 Å². The number of aryl methyl sites for hydroxylation is 2. The van der Waals surface area contributed by atoms with Crippen LogP contribution in [0.3, 0.4) is 0 Å². The van der Waals surface area contributed by atoms with E-state index >= 15 is 0 Å². The first-order valence-corrected chi connectivity index (χ1v) is 6.61. The lowest BCUT2D eigenvalue weighted by molar-refractivity contribution is 0.587. The van der Waals surface area contributed by atoms with Crippen LogP contribution in [-0.4, -0.2) is 19.7 Å². The lowest BCUT2D eigenvalue weighted by Gasteiger charge is -2.04. The van der Waals surface area contributed by atoms with Gasteiger partial charge in [0.25, 0.3) is 0 Å². The molecule has 0 atom stereocenters. The summed E-state index contributed by atoms with van der Waals surface area (Å²) < 4.78 is 15.5. The molecule has 5 heteroatoms. The smallest absolute Gasteiger partial charge is 0.162 e. The summed E-state index contributed by atoms with van der Waals surface area (Å²) in [4.78, 5) is 8.65. The second-order valence-corrected chi connectivity index (χ2v) is 4.70. The molecule has 102 valence electrons. The van der Waals surface area contributed by atoms with Crippen molar-refractivity contribution in [3.63, 3.8) is 0 Å². The first-order chi connectivity index (χ1) is 9.69. The van der Waals surface area contributed by atoms with Crippen LogP contribution >= 0.6 is 0 Å². The summed E-state index contributed by atoms with van der Waals surface area (Å²) in [6.45, 7) is 4.25. The first kappa shape index (κ1) is 12.7. The summed E-state index contributed by atoms with van der Waals surface area (Å²) >= 11 is 0. The Kier molecular flexibility index (Phi) is 3.18. The fourth-order valence-corrected chi connectivity index (χ4v) is 2.26. The molecule has 0 aliphatic rings. The van der Waals surface area contributed by atoms with Crippen molar-refractivity contribution in [3.05, 3.63) is 53.4 Å². The van der Waals surface area contributed by atoms with Gasteiger partial charge in [-0.1, -0.05) is 25.1 Å². The molecule has 4 nitrogen and oxygen atoms in total. The third kappa shape index (κ3) is 2.15. The van der Waals surface area contributed by atoms with Crippen molar-refractivity contribution in [2.75, 3.05) is 0 Å². The third-order valence-corrected chi connectivity index (χ3v) is 3.30. The van der Waals surface area contributed by atoms with E-state index in [4.69, 9.17) is 0 Å². The highest BCUT2D eigenvalue weighted by molar-refractivity contribution is 5.77. The maximum absolute atomic E-state index is 13.8. The minimum absolute atomic E-state index is 0.222. The summed E-state index contributed by atoms with van der Waals surface area (Å²) in [5.74, 6) is 0.467. The Bertz CT molecular complexity index is 764. The van der Waals surface area contributed by atoms with Crippen LogP contribution in [0.5, 0.6) is 0 Å². The van der Waals surface area contributed by atoms with Crippen molar-refractivity contribution in [2.45, 2.75) is 26.8 Å². The molecule has 2 aromatic heterocycles. The van der Waals surface area contributed by atoms with Gasteiger partial charge in [-0.25, -0.2) is 19.0 Å². The fraction of sp³-hybridized carbons (Fsp3) is 0.267. The van der Waals surface area contributed by atoms with E-state index in [1.807, 2.05) is 19.9 Å². The Morgan fingerprint density at radius 2 is 2.05 bits per heavy atom. The van der Waals surface area contributed by atoms with Gasteiger partial charge < -0.3 is 0 Å². The topological polar surface area (TPSA) is 43.6 Å². The van der Waals surface area contributed by atoms with Gasteiger partial charge in [0.1, 0.15) is 11.6 Å². The van der Waals surface area contributed by atoms with Crippen molar-refractivity contribution < 1.29 is 4.39 Å². The molecule has 0 unspecified atom stereocenters. The molecular weight excluding hydrogens is 255 g/mol. The van der Waals surface area contributed by atoms with Crippen LogP contribution in [0.1, 0.15) is 24.0 Å². The molecule has 0 saturated heterocycles. The van der Waals surface area contributed by atoms with Crippen LogP contribution in [0, 0.1) is 12.7 Å². The quantitative estimate of drug-likeness (QED) is 0.735. The zero-order valence-corrected chi connectivity index (χ0v) is 11.5. The number of nitrogens with zero attached hydrogens (tertiary/aromatic N) is 4. The molecule has 0 fully saturated rings. The van der Waals surface area contributed by atoms with Gasteiger partial charge in [-0.3, -0.25) is 0 Å². The van der Waals surface area contributed by atoms with Crippen LogP contribution < -0.4 is 0 Å². The normalized spacial score (nSPS) is 11.2. The summed E-state index contributed by atoms with van der Waals surface area (Å²) in [5.41, 5.74) is 2.31. The minimum atomic E-state index is -0.222. The predicted octanol–water partition coefficient (Wildman–Crippen LogP) is 2.88. The molecule has 20 heavy (non-hydrogen) atoms. The van der Waals surface area contributed by atoms with E-state index in [1.54, 1.807) is 23.0 Å². The van der Waals surface area contributed by atoms with Gasteiger partial charge in [-0.05, 0) is 19.4 Å². The van der Waals surface area contributed by atoms with Gasteiger partial charge in [0.15, 0.2) is 5.65 Å². The average molecular weight is 270 g/mol. The third-order valence-electron chi connectivity index (χ3n) is 3.30. The van der Waals surface area contributed by atoms with Crippen molar-refractivity contribution in [3.8, 4) is 0 Å². The largest absolute Gasteiger partial charge is 0.242 e. The molecule has 0 saturated carbocycles. The standard InChI is InChI=1S/C15H15FN4/c1-3-14-12-8-17-10(2)18-15(12)20(19-14)9-11-6-4-5-7-13(11)16/h4-8H,3,9H2,1-2H3. The van der Waals surface area contributed by atoms with Gasteiger partial charge >= 0.3 is 0 Å². The minimum Gasteiger partial charge on any atom is -0.242 e. The highest BCUT2D eigenvalue weighted by atomic mass is 19.1. The fourth-order valence-electron chi connectivity index (χ4n) is 2.26. The molecule has 0 radical (unpaired) electrons. The second kappa shape index (κ2) is 5.00. The maximum atomic E-state index is 13.8. The number of benzene rings is 1. The Morgan fingerprint density at radius 1 is 1.25 bits per heavy atom. The Hall–Kier alpha value is -2.30. The van der Waals surface area contributed by atoms with Gasteiger partial charge in [-0.2, -0.15) is 5.10 Å². The molecule has 2 heterocycles. The van der Waals surface area contributed by atoms with Crippen LogP contribution in [0.4, 0.5) is 4.39 Å². The van der Waals surface area contributed by atoms with E-state index in [0.29, 0.717) is 17.9 Å². The Balaban J connectivity index is 2.12. The number of fused-ring (bicyclic) bond motifs is 1. The zero-order chi connectivity index (χ0) is 14.1. The molecule has 3 rings (SSSR count). The van der Waals surface area contributed by atoms with Gasteiger partial charge in [-0.15, -0.1) is 0 Å². The van der Waals surface area contributed by atoms with Gasteiger partial charge in [0.2, 0.25) is 0 Å². The van der Waals surface area contributed by atoms with Crippen LogP contribution in [0.2, 0.25) is 0 Å². The predicted molar refractivity (Wildman–Crippen MR) is 74.9 cm³/mol. The summed E-state index contributed by atoms with van der Waals surface area (Å²) in [6.07, 6.45) is 2.59. The van der Waals surface area contributed by atoms with Crippen LogP contribution in [0.25, 0.3) is 11.0 Å². The van der Waals surface area contributed by atoms with Crippen molar-refractivity contribution in [1.82, 2.24) is 19.7 Å². The molecular formula is C15H15FN4. The van der Waals surface area contributed by atoms with Crippen molar-refractivity contribution >= 4 is 11.0 Å². The van der Waals surface area contributed by atoms with E-state index in [-0.39, 0.29) is 5.82 Å². The highest BCUT2D eigenvalue weighted by Crippen LogP contribution is 2.18. The monoisotopic (exact) mass is 270 g/mol. The van der Waals surface area contributed by atoms with Crippen LogP contribution in [-0.2, 0) is 13.0 Å². The number of rotatable bonds is 3. The number of hydrogen-bond donors (Lipinski definition) is 0. The van der Waals surface area contributed by atoms with E-state index in [1.165, 1.54) is 6.07 Å². The second-order valence-electron chi connectivity index (χ2n) is 4.70. The summed E-state index contributed by atoms with van der Waals surface area (Å²) in [6, 6.07) is 6.74. The average Bonchev–Trinajstić information content (AvgIpc) is 2.79. The lowest BCUT2D eigenvalue weighted by Crippen LogP contribution is -2.05. The van der Waals surface area contributed by atoms with Gasteiger partial charge in [0, 0.05) is 11.8 Å². The number of halogens is 1. The van der Waals surface area contributed by atoms with Gasteiger partial charge in [0.05, 0.1) is 17.6 Å². The maximum Gasteiger partial charge on any atom is 0.162 e. The molecule has 0 aliphatic heterocycles. The highest BCUT2D eigenvalue weighted by Gasteiger charge is 2.12. The number of hydrogen-bond acceptors (Lipinski definition) is 3. The molecule has 0 N–H and O–H groups in total. The van der Waals surface area contributed by atoms with E-state index in [9.17, 15) is 4.39 Å². The molecule has 3 aromatic rings. The first-order valence-electron chi connectivity index (χ1n) is 6.61. The molecule has 1 aromatic carbocycles. The zero-order valence-electron chi connectivity index (χ0n) is 11.5.